The Balaban J connectivity index is 1.96. The summed E-state index contributed by atoms with van der Waals surface area (Å²) in [7, 11) is -6.96. The smallest absolute Gasteiger partial charge is 0.306 e. The van der Waals surface area contributed by atoms with Gasteiger partial charge in [-0.05, 0) is 25.2 Å². The first-order valence-corrected chi connectivity index (χ1v) is 10.5. The lowest BCUT2D eigenvalue weighted by Gasteiger charge is -2.28. The first-order chi connectivity index (χ1) is 9.71. The van der Waals surface area contributed by atoms with Crippen molar-refractivity contribution in [1.82, 2.24) is 4.72 Å². The van der Waals surface area contributed by atoms with E-state index in [0.717, 1.165) is 12.8 Å². The second-order valence-electron chi connectivity index (χ2n) is 5.91. The molecule has 1 saturated heterocycles. The summed E-state index contributed by atoms with van der Waals surface area (Å²) in [5.74, 6) is -2.06. The number of carboxylic acid groups (broad SMARTS) is 1. The Morgan fingerprint density at radius 1 is 1.19 bits per heavy atom. The summed E-state index contributed by atoms with van der Waals surface area (Å²) in [6, 6.07) is 0. The van der Waals surface area contributed by atoms with Crippen molar-refractivity contribution in [3.63, 3.8) is 0 Å². The Labute approximate surface area is 125 Å². The topological polar surface area (TPSA) is 118 Å². The van der Waals surface area contributed by atoms with E-state index in [-0.39, 0.29) is 30.4 Å². The lowest BCUT2D eigenvalue weighted by molar-refractivity contribution is -0.144. The quantitative estimate of drug-likeness (QED) is 0.727. The first-order valence-electron chi connectivity index (χ1n) is 7.13. The van der Waals surface area contributed by atoms with Crippen LogP contribution in [0.15, 0.2) is 0 Å². The van der Waals surface area contributed by atoms with Gasteiger partial charge in [0.25, 0.3) is 0 Å². The minimum atomic E-state index is -3.70. The number of sulfonamides is 1. The largest absolute Gasteiger partial charge is 0.481 e. The highest BCUT2D eigenvalue weighted by atomic mass is 32.2. The number of nitrogens with one attached hydrogen (secondary N) is 1. The van der Waals surface area contributed by atoms with E-state index < -0.39 is 37.0 Å². The third-order valence-electron chi connectivity index (χ3n) is 4.40. The van der Waals surface area contributed by atoms with Crippen molar-refractivity contribution in [1.29, 1.82) is 0 Å². The molecule has 0 bridgehead atoms. The normalized spacial score (nSPS) is 32.9. The van der Waals surface area contributed by atoms with Gasteiger partial charge in [-0.2, -0.15) is 0 Å². The van der Waals surface area contributed by atoms with Crippen molar-refractivity contribution in [3.8, 4) is 0 Å². The van der Waals surface area contributed by atoms with Crippen molar-refractivity contribution in [2.75, 3.05) is 18.1 Å². The fourth-order valence-corrected chi connectivity index (χ4v) is 7.27. The lowest BCUT2D eigenvalue weighted by Crippen LogP contribution is -2.41. The lowest BCUT2D eigenvalue weighted by atomic mass is 9.79. The molecule has 1 saturated carbocycles. The van der Waals surface area contributed by atoms with Crippen LogP contribution in [0.4, 0.5) is 0 Å². The zero-order valence-corrected chi connectivity index (χ0v) is 13.3. The molecular weight excluding hydrogens is 318 g/mol. The first kappa shape index (κ1) is 16.7. The number of sulfone groups is 1. The molecule has 1 aliphatic heterocycles. The Kier molecular flexibility index (Phi) is 4.94. The van der Waals surface area contributed by atoms with Gasteiger partial charge in [-0.3, -0.25) is 4.79 Å². The van der Waals surface area contributed by atoms with E-state index in [1.807, 2.05) is 0 Å². The molecule has 0 aromatic heterocycles. The van der Waals surface area contributed by atoms with Gasteiger partial charge in [-0.25, -0.2) is 21.6 Å². The van der Waals surface area contributed by atoms with Crippen LogP contribution in [0.2, 0.25) is 0 Å². The van der Waals surface area contributed by atoms with Crippen LogP contribution in [-0.4, -0.2) is 51.2 Å². The van der Waals surface area contributed by atoms with E-state index >= 15 is 0 Å². The fraction of sp³-hybridized carbons (Fsp3) is 0.917. The fourth-order valence-electron chi connectivity index (χ4n) is 3.12. The Hall–Kier alpha value is -0.670. The van der Waals surface area contributed by atoms with Gasteiger partial charge in [0.1, 0.15) is 0 Å². The van der Waals surface area contributed by atoms with Crippen molar-refractivity contribution in [2.45, 2.75) is 37.4 Å². The van der Waals surface area contributed by atoms with Crippen molar-refractivity contribution in [2.24, 2.45) is 11.8 Å². The van der Waals surface area contributed by atoms with Crippen LogP contribution < -0.4 is 4.72 Å². The SMILES string of the molecule is O=C(O)C1CCCCC1CNS(=O)(=O)C1CCS(=O)(=O)C1. The maximum absolute atomic E-state index is 12.1. The summed E-state index contributed by atoms with van der Waals surface area (Å²) >= 11 is 0. The van der Waals surface area contributed by atoms with E-state index in [2.05, 4.69) is 4.72 Å². The second kappa shape index (κ2) is 6.21. The molecule has 2 N–H and O–H groups in total. The molecule has 21 heavy (non-hydrogen) atoms. The highest BCUT2D eigenvalue weighted by Gasteiger charge is 2.38. The Bertz CT molecular complexity index is 597. The van der Waals surface area contributed by atoms with Crippen molar-refractivity contribution >= 4 is 25.8 Å². The Morgan fingerprint density at radius 3 is 2.43 bits per heavy atom. The molecule has 1 heterocycles. The van der Waals surface area contributed by atoms with Gasteiger partial charge in [0.2, 0.25) is 10.0 Å². The summed E-state index contributed by atoms with van der Waals surface area (Å²) < 4.78 is 49.4. The van der Waals surface area contributed by atoms with Gasteiger partial charge < -0.3 is 5.11 Å². The molecule has 1 aliphatic carbocycles. The molecule has 7 nitrogen and oxygen atoms in total. The minimum absolute atomic E-state index is 0.0792. The van der Waals surface area contributed by atoms with Crippen molar-refractivity contribution < 1.29 is 26.7 Å². The molecule has 0 radical (unpaired) electrons. The molecule has 3 unspecified atom stereocenters. The molecule has 2 aliphatic rings. The van der Waals surface area contributed by atoms with E-state index in [4.69, 9.17) is 5.11 Å². The minimum Gasteiger partial charge on any atom is -0.481 e. The zero-order chi connectivity index (χ0) is 15.7. The molecule has 122 valence electrons. The number of hydrogen-bond acceptors (Lipinski definition) is 5. The predicted molar refractivity (Wildman–Crippen MR) is 77.1 cm³/mol. The summed E-state index contributed by atoms with van der Waals surface area (Å²) in [6.07, 6.45) is 3.11. The molecule has 0 spiro atoms. The van der Waals surface area contributed by atoms with E-state index in [9.17, 15) is 21.6 Å². The molecule has 0 aromatic carbocycles. The molecule has 2 fully saturated rings. The zero-order valence-electron chi connectivity index (χ0n) is 11.7. The van der Waals surface area contributed by atoms with Gasteiger partial charge in [-0.15, -0.1) is 0 Å². The number of aliphatic carboxylic acids is 1. The third-order valence-corrected chi connectivity index (χ3v) is 8.23. The molecule has 3 atom stereocenters. The maximum Gasteiger partial charge on any atom is 0.306 e. The molecule has 9 heteroatoms. The highest BCUT2D eigenvalue weighted by molar-refractivity contribution is 7.95. The highest BCUT2D eigenvalue weighted by Crippen LogP contribution is 2.30. The van der Waals surface area contributed by atoms with Gasteiger partial charge in [0, 0.05) is 6.54 Å². The monoisotopic (exact) mass is 339 g/mol. The summed E-state index contributed by atoms with van der Waals surface area (Å²) in [5.41, 5.74) is 0. The molecule has 2 rings (SSSR count). The summed E-state index contributed by atoms with van der Waals surface area (Å²) in [4.78, 5) is 11.2. The third kappa shape index (κ3) is 4.17. The van der Waals surface area contributed by atoms with Crippen LogP contribution in [0.1, 0.15) is 32.1 Å². The summed E-state index contributed by atoms with van der Waals surface area (Å²) in [6.45, 7) is 0.0792. The van der Waals surface area contributed by atoms with Gasteiger partial charge in [0.05, 0.1) is 22.7 Å². The standard InChI is InChI=1S/C12H21NO6S2/c14-12(15)11-4-2-1-3-9(11)7-13-21(18,19)10-5-6-20(16,17)8-10/h9-11,13H,1-8H2,(H,14,15). The second-order valence-corrected chi connectivity index (χ2v) is 10.2. The molecule has 0 amide bonds. The maximum atomic E-state index is 12.1. The molecular formula is C12H21NO6S2. The van der Waals surface area contributed by atoms with Gasteiger partial charge in [-0.1, -0.05) is 12.8 Å². The summed E-state index contributed by atoms with van der Waals surface area (Å²) in [5, 5.41) is 8.25. The average Bonchev–Trinajstić information content (AvgIpc) is 2.78. The van der Waals surface area contributed by atoms with Crippen molar-refractivity contribution in [3.05, 3.63) is 0 Å². The van der Waals surface area contributed by atoms with Crippen LogP contribution in [0.25, 0.3) is 0 Å². The van der Waals surface area contributed by atoms with Crippen LogP contribution in [0, 0.1) is 11.8 Å². The number of rotatable bonds is 5. The van der Waals surface area contributed by atoms with E-state index in [0.29, 0.717) is 12.8 Å². The van der Waals surface area contributed by atoms with Crippen LogP contribution >= 0.6 is 0 Å². The Morgan fingerprint density at radius 2 is 1.86 bits per heavy atom. The number of carbonyl (C=O) groups is 1. The van der Waals surface area contributed by atoms with Crippen LogP contribution in [0.3, 0.4) is 0 Å². The van der Waals surface area contributed by atoms with Gasteiger partial charge >= 0.3 is 5.97 Å². The molecule has 0 aromatic rings. The van der Waals surface area contributed by atoms with Crippen LogP contribution in [-0.2, 0) is 24.7 Å². The average molecular weight is 339 g/mol. The van der Waals surface area contributed by atoms with Crippen LogP contribution in [0.5, 0.6) is 0 Å². The van der Waals surface area contributed by atoms with Gasteiger partial charge in [0.15, 0.2) is 9.84 Å². The predicted octanol–water partition coefficient (Wildman–Crippen LogP) is -0.0161. The number of carboxylic acids is 1. The van der Waals surface area contributed by atoms with E-state index in [1.54, 1.807) is 0 Å². The van der Waals surface area contributed by atoms with E-state index in [1.165, 1.54) is 0 Å². The number of hydrogen-bond donors (Lipinski definition) is 2.